The van der Waals surface area contributed by atoms with Gasteiger partial charge < -0.3 is 14.4 Å². The zero-order valence-corrected chi connectivity index (χ0v) is 20.1. The molecule has 4 rings (SSSR count). The average Bonchev–Trinajstić information content (AvgIpc) is 2.85. The molecule has 0 saturated carbocycles. The minimum absolute atomic E-state index is 0.0152. The fourth-order valence-electron chi connectivity index (χ4n) is 3.71. The van der Waals surface area contributed by atoms with Gasteiger partial charge >= 0.3 is 0 Å². The normalized spacial score (nSPS) is 11.4. The SMILES string of the molecule is COc1cc(OC)cc(N(CCOS(C)(=O)=O)c2ccc3ncc(-c4ccccc4)cc3c2)c1. The molecule has 0 spiro atoms. The Labute approximate surface area is 199 Å². The predicted molar refractivity (Wildman–Crippen MR) is 135 cm³/mol. The molecule has 0 unspecified atom stereocenters. The molecule has 0 N–H and O–H groups in total. The number of hydrogen-bond acceptors (Lipinski definition) is 7. The van der Waals surface area contributed by atoms with Crippen LogP contribution in [0.25, 0.3) is 22.0 Å². The summed E-state index contributed by atoms with van der Waals surface area (Å²) in [6.07, 6.45) is 2.90. The fourth-order valence-corrected chi connectivity index (χ4v) is 4.09. The van der Waals surface area contributed by atoms with E-state index in [0.717, 1.165) is 39.7 Å². The highest BCUT2D eigenvalue weighted by Gasteiger charge is 2.15. The van der Waals surface area contributed by atoms with E-state index in [-0.39, 0.29) is 6.61 Å². The minimum Gasteiger partial charge on any atom is -0.497 e. The maximum atomic E-state index is 11.5. The molecule has 3 aromatic carbocycles. The lowest BCUT2D eigenvalue weighted by Gasteiger charge is -2.26. The third-order valence-electron chi connectivity index (χ3n) is 5.34. The number of pyridine rings is 1. The van der Waals surface area contributed by atoms with Gasteiger partial charge in [0.15, 0.2) is 0 Å². The van der Waals surface area contributed by atoms with Gasteiger partial charge in [-0.25, -0.2) is 0 Å². The van der Waals surface area contributed by atoms with E-state index < -0.39 is 10.1 Å². The Kier molecular flexibility index (Phi) is 7.00. The monoisotopic (exact) mass is 478 g/mol. The van der Waals surface area contributed by atoms with Gasteiger partial charge in [0.1, 0.15) is 11.5 Å². The number of nitrogens with zero attached hydrogens (tertiary/aromatic N) is 2. The van der Waals surface area contributed by atoms with Crippen LogP contribution in [0.5, 0.6) is 11.5 Å². The molecular weight excluding hydrogens is 452 g/mol. The zero-order chi connectivity index (χ0) is 24.1. The van der Waals surface area contributed by atoms with Gasteiger partial charge in [-0.15, -0.1) is 0 Å². The van der Waals surface area contributed by atoms with Crippen molar-refractivity contribution in [2.75, 3.05) is 38.5 Å². The van der Waals surface area contributed by atoms with E-state index in [2.05, 4.69) is 11.1 Å². The minimum atomic E-state index is -3.57. The van der Waals surface area contributed by atoms with Crippen molar-refractivity contribution in [3.05, 3.63) is 79.0 Å². The lowest BCUT2D eigenvalue weighted by molar-refractivity contribution is 0.330. The van der Waals surface area contributed by atoms with Gasteiger partial charge in [-0.2, -0.15) is 8.42 Å². The lowest BCUT2D eigenvalue weighted by Crippen LogP contribution is -2.23. The number of fused-ring (bicyclic) bond motifs is 1. The van der Waals surface area contributed by atoms with Crippen molar-refractivity contribution in [1.82, 2.24) is 4.98 Å². The number of methoxy groups -OCH3 is 2. The first-order valence-electron chi connectivity index (χ1n) is 10.7. The molecule has 34 heavy (non-hydrogen) atoms. The van der Waals surface area contributed by atoms with Crippen LogP contribution >= 0.6 is 0 Å². The summed E-state index contributed by atoms with van der Waals surface area (Å²) in [5.41, 5.74) is 4.59. The number of anilines is 2. The molecule has 0 bridgehead atoms. The molecule has 1 aromatic heterocycles. The van der Waals surface area contributed by atoms with Gasteiger partial charge in [-0.1, -0.05) is 30.3 Å². The van der Waals surface area contributed by atoms with E-state index in [0.29, 0.717) is 18.0 Å². The Morgan fingerprint density at radius 1 is 0.824 bits per heavy atom. The van der Waals surface area contributed by atoms with Gasteiger partial charge in [0.25, 0.3) is 10.1 Å². The van der Waals surface area contributed by atoms with Gasteiger partial charge in [-0.3, -0.25) is 9.17 Å². The van der Waals surface area contributed by atoms with Crippen molar-refractivity contribution in [1.29, 1.82) is 0 Å². The van der Waals surface area contributed by atoms with E-state index in [1.165, 1.54) is 0 Å². The molecule has 0 fully saturated rings. The number of hydrogen-bond donors (Lipinski definition) is 0. The van der Waals surface area contributed by atoms with E-state index in [1.54, 1.807) is 20.3 Å². The number of ether oxygens (including phenoxy) is 2. The van der Waals surface area contributed by atoms with E-state index in [1.807, 2.05) is 71.8 Å². The van der Waals surface area contributed by atoms with Gasteiger partial charge in [0.05, 0.1) is 32.6 Å². The molecule has 0 atom stereocenters. The van der Waals surface area contributed by atoms with Crippen molar-refractivity contribution < 1.29 is 22.1 Å². The molecule has 176 valence electrons. The number of benzene rings is 3. The molecular formula is C26H26N2O5S. The summed E-state index contributed by atoms with van der Waals surface area (Å²) in [6, 6.07) is 23.6. The molecule has 0 aliphatic carbocycles. The number of rotatable bonds is 9. The van der Waals surface area contributed by atoms with Crippen LogP contribution in [-0.2, 0) is 14.3 Å². The van der Waals surface area contributed by atoms with Crippen LogP contribution < -0.4 is 14.4 Å². The Bertz CT molecular complexity index is 1370. The summed E-state index contributed by atoms with van der Waals surface area (Å²) in [5, 5.41) is 0.961. The maximum Gasteiger partial charge on any atom is 0.264 e. The van der Waals surface area contributed by atoms with Gasteiger partial charge in [0.2, 0.25) is 0 Å². The van der Waals surface area contributed by atoms with Crippen LogP contribution in [0.4, 0.5) is 11.4 Å². The molecule has 0 aliphatic heterocycles. The lowest BCUT2D eigenvalue weighted by atomic mass is 10.0. The highest BCUT2D eigenvalue weighted by molar-refractivity contribution is 7.85. The molecule has 8 heteroatoms. The quantitative estimate of drug-likeness (QED) is 0.312. The fraction of sp³-hybridized carbons (Fsp3) is 0.192. The summed E-state index contributed by atoms with van der Waals surface area (Å²) in [5.74, 6) is 1.24. The third-order valence-corrected chi connectivity index (χ3v) is 5.94. The Hall–Kier alpha value is -3.62. The van der Waals surface area contributed by atoms with Gasteiger partial charge in [-0.05, 0) is 29.8 Å². The molecule has 0 radical (unpaired) electrons. The second-order valence-corrected chi connectivity index (χ2v) is 9.36. The van der Waals surface area contributed by atoms with Crippen LogP contribution in [0.1, 0.15) is 0 Å². The first-order valence-corrected chi connectivity index (χ1v) is 12.5. The first kappa shape index (κ1) is 23.5. The maximum absolute atomic E-state index is 11.5. The molecule has 4 aromatic rings. The van der Waals surface area contributed by atoms with Crippen LogP contribution in [-0.4, -0.2) is 47.0 Å². The van der Waals surface area contributed by atoms with Crippen LogP contribution in [0, 0.1) is 0 Å². The Morgan fingerprint density at radius 2 is 1.53 bits per heavy atom. The van der Waals surface area contributed by atoms with Crippen LogP contribution in [0.2, 0.25) is 0 Å². The topological polar surface area (TPSA) is 78.0 Å². The zero-order valence-electron chi connectivity index (χ0n) is 19.3. The summed E-state index contributed by atoms with van der Waals surface area (Å²) in [4.78, 5) is 6.58. The van der Waals surface area contributed by atoms with Crippen molar-refractivity contribution in [3.63, 3.8) is 0 Å². The average molecular weight is 479 g/mol. The van der Waals surface area contributed by atoms with Crippen molar-refractivity contribution >= 4 is 32.4 Å². The predicted octanol–water partition coefficient (Wildman–Crippen LogP) is 5.03. The number of aromatic nitrogens is 1. The highest BCUT2D eigenvalue weighted by atomic mass is 32.2. The summed E-state index contributed by atoms with van der Waals surface area (Å²) < 4.78 is 39.0. The molecule has 7 nitrogen and oxygen atoms in total. The molecule has 0 saturated heterocycles. The van der Waals surface area contributed by atoms with Crippen molar-refractivity contribution in [2.45, 2.75) is 0 Å². The van der Waals surface area contributed by atoms with Crippen molar-refractivity contribution in [3.8, 4) is 22.6 Å². The second kappa shape index (κ2) is 10.1. The van der Waals surface area contributed by atoms with E-state index >= 15 is 0 Å². The van der Waals surface area contributed by atoms with Gasteiger partial charge in [0, 0.05) is 53.3 Å². The summed E-state index contributed by atoms with van der Waals surface area (Å²) >= 11 is 0. The first-order chi connectivity index (χ1) is 16.4. The van der Waals surface area contributed by atoms with E-state index in [4.69, 9.17) is 13.7 Å². The largest absolute Gasteiger partial charge is 0.497 e. The van der Waals surface area contributed by atoms with E-state index in [9.17, 15) is 8.42 Å². The smallest absolute Gasteiger partial charge is 0.264 e. The molecule has 0 amide bonds. The Balaban J connectivity index is 1.77. The van der Waals surface area contributed by atoms with Crippen molar-refractivity contribution in [2.24, 2.45) is 0 Å². The summed E-state index contributed by atoms with van der Waals surface area (Å²) in [6.45, 7) is 0.277. The molecule has 0 aliphatic rings. The second-order valence-electron chi connectivity index (χ2n) is 7.72. The third kappa shape index (κ3) is 5.65. The summed E-state index contributed by atoms with van der Waals surface area (Å²) in [7, 11) is -0.395. The molecule has 1 heterocycles. The Morgan fingerprint density at radius 3 is 2.18 bits per heavy atom. The highest BCUT2D eigenvalue weighted by Crippen LogP contribution is 2.34. The standard InChI is InChI=1S/C26H26N2O5S/c1-31-24-15-23(16-25(17-24)32-2)28(11-12-33-34(3,29)30)22-9-10-26-20(14-22)13-21(18-27-26)19-7-5-4-6-8-19/h4-10,13-18H,11-12H2,1-3H3. The van der Waals surface area contributed by atoms with Crippen LogP contribution in [0.3, 0.4) is 0 Å². The van der Waals surface area contributed by atoms with Crippen LogP contribution in [0.15, 0.2) is 79.0 Å².